The van der Waals surface area contributed by atoms with Crippen LogP contribution < -0.4 is 49.1 Å². The summed E-state index contributed by atoms with van der Waals surface area (Å²) in [7, 11) is 6.57. The normalized spacial score (nSPS) is 15.4. The van der Waals surface area contributed by atoms with E-state index in [4.69, 9.17) is 51.8 Å². The molecule has 10 rings (SSSR count). The first-order valence-corrected chi connectivity index (χ1v) is 38.2. The lowest BCUT2D eigenvalue weighted by Crippen LogP contribution is -2.31. The molecule has 0 amide bonds. The Balaban J connectivity index is 0.000000212. The number of ether oxygens (including phenoxy) is 10. The van der Waals surface area contributed by atoms with Gasteiger partial charge in [0.15, 0.2) is 0 Å². The van der Waals surface area contributed by atoms with Gasteiger partial charge in [-0.25, -0.2) is 4.79 Å². The van der Waals surface area contributed by atoms with Crippen LogP contribution in [0.25, 0.3) is 0 Å². The highest BCUT2D eigenvalue weighted by molar-refractivity contribution is 14.1. The molecule has 0 bridgehead atoms. The largest absolute Gasteiger partial charge is 0.507 e. The minimum Gasteiger partial charge on any atom is -0.507 e. The third-order valence-corrected chi connectivity index (χ3v) is 21.5. The van der Waals surface area contributed by atoms with Crippen molar-refractivity contribution in [2.24, 2.45) is 45.3 Å². The van der Waals surface area contributed by atoms with E-state index in [1.807, 2.05) is 159 Å². The standard InChI is InChI=1S/C21H27NO4.C21H26O5.C21H30O5.C12H15IO2.C9H16O3/c1-13(2)18-19(23)17(14(3)22-20(18)24)11-21(9-10-21)12-26-16-7-5-15(25-4)6-8-16;1-13(2)18-19(22)17(14(3)26-20(18)23)11-21(9-10-21)12-25-16-7-5-15(24-4)6-8-16;1-5-25-20(23)19(15(2)3)18(22)10-11-21(12-13-21)14-26-17-8-6-16(24-4)7-9-17;1-14-10-2-4-11(5-3-10)15-9-12(8-13)6-7-12;1-5-12-9(11)8(6(2)3)7(4)10/h5-8,13H,9-12H2,1-4H3,(H2,22,23,24);5-8,13,22H,9-12H2,1-4H3;6-9,15,19H,5,10-14H2,1-4H3;2-5H,6-9H2,1H3;6,8H,5H2,1-4H3. The molecule has 4 aromatic carbocycles. The Hall–Kier alpha value is -8.21. The number of rotatable bonds is 34. The van der Waals surface area contributed by atoms with Crippen LogP contribution in [0.1, 0.15) is 186 Å². The van der Waals surface area contributed by atoms with Crippen LogP contribution in [0.15, 0.2) is 111 Å². The van der Waals surface area contributed by atoms with E-state index in [2.05, 4.69) is 27.6 Å². The first kappa shape index (κ1) is 85.7. The number of ketones is 2. The molecule has 0 spiro atoms. The molecule has 2 heterocycles. The molecule has 105 heavy (non-hydrogen) atoms. The first-order chi connectivity index (χ1) is 49.9. The fourth-order valence-corrected chi connectivity index (χ4v) is 13.2. The van der Waals surface area contributed by atoms with E-state index in [1.165, 1.54) is 24.2 Å². The number of esters is 2. The lowest BCUT2D eigenvalue weighted by molar-refractivity contribution is -0.154. The van der Waals surface area contributed by atoms with Crippen molar-refractivity contribution in [1.82, 2.24) is 4.98 Å². The number of aromatic amines is 1. The number of aromatic hydroxyl groups is 2. The van der Waals surface area contributed by atoms with Gasteiger partial charge in [-0.1, -0.05) is 78.0 Å². The topological polar surface area (TPSA) is 264 Å². The highest BCUT2D eigenvalue weighted by Crippen LogP contribution is 2.53. The van der Waals surface area contributed by atoms with Gasteiger partial charge in [-0.05, 0) is 226 Å². The van der Waals surface area contributed by atoms with Gasteiger partial charge in [0.1, 0.15) is 86.7 Å². The van der Waals surface area contributed by atoms with Gasteiger partial charge in [0, 0.05) is 49.3 Å². The van der Waals surface area contributed by atoms with Gasteiger partial charge in [0.2, 0.25) is 0 Å². The number of methoxy groups -OCH3 is 4. The third kappa shape index (κ3) is 25.8. The average Bonchev–Trinajstić information content (AvgIpc) is 1.68. The Bertz CT molecular complexity index is 3720. The molecular formula is C84H114INO19. The fourth-order valence-electron chi connectivity index (χ4n) is 12.2. The van der Waals surface area contributed by atoms with Gasteiger partial charge in [0.25, 0.3) is 5.56 Å². The molecule has 2 atom stereocenters. The smallest absolute Gasteiger partial charge is 0.343 e. The Kier molecular flexibility index (Phi) is 32.6. The number of benzene rings is 4. The summed E-state index contributed by atoms with van der Waals surface area (Å²) < 4.78 is 60.5. The Morgan fingerprint density at radius 1 is 0.486 bits per heavy atom. The van der Waals surface area contributed by atoms with Crippen LogP contribution in [0.2, 0.25) is 0 Å². The molecule has 0 saturated heterocycles. The zero-order chi connectivity index (χ0) is 77.4. The second kappa shape index (κ2) is 39.9. The highest BCUT2D eigenvalue weighted by Gasteiger charge is 2.47. The SMILES string of the molecule is CCOC(=O)C(C(=O)CCC1(COc2ccc(OC)cc2)CC1)C(C)C.CCOC(=O)C(C(C)=O)C(C)C.COc1ccc(OCC2(CI)CC2)cc1.COc1ccc(OCC2(Cc3c(C)[nH]c(=O)c(C(C)C)c3O)CC2)cc1.COc1ccc(OCC2(Cc3c(C)oc(=O)c(C(C)C)c3O)CC2)cc1. The molecule has 576 valence electrons. The quantitative estimate of drug-likeness (QED) is 0.0147. The molecule has 0 aliphatic heterocycles. The van der Waals surface area contributed by atoms with Crippen molar-refractivity contribution in [1.29, 1.82) is 0 Å². The summed E-state index contributed by atoms with van der Waals surface area (Å²) in [4.78, 5) is 73.9. The van der Waals surface area contributed by atoms with Crippen LogP contribution in [0.4, 0.5) is 0 Å². The molecule has 2 aromatic heterocycles. The molecule has 0 radical (unpaired) electrons. The second-order valence-corrected chi connectivity index (χ2v) is 30.4. The van der Waals surface area contributed by atoms with Crippen LogP contribution >= 0.6 is 22.6 Å². The van der Waals surface area contributed by atoms with Crippen LogP contribution in [0.3, 0.4) is 0 Å². The number of halogens is 1. The van der Waals surface area contributed by atoms with E-state index in [9.17, 15) is 39.0 Å². The molecule has 21 heteroatoms. The predicted octanol–water partition coefficient (Wildman–Crippen LogP) is 16.8. The molecule has 3 N–H and O–H groups in total. The number of nitrogens with one attached hydrogen (secondary N) is 1. The van der Waals surface area contributed by atoms with Crippen molar-refractivity contribution >= 4 is 46.1 Å². The third-order valence-electron chi connectivity index (χ3n) is 19.9. The van der Waals surface area contributed by atoms with E-state index in [0.717, 1.165) is 114 Å². The van der Waals surface area contributed by atoms with Gasteiger partial charge in [-0.3, -0.25) is 24.0 Å². The average molecular weight is 1570 g/mol. The summed E-state index contributed by atoms with van der Waals surface area (Å²) in [5.41, 5.74) is 3.03. The van der Waals surface area contributed by atoms with Gasteiger partial charge in [-0.15, -0.1) is 0 Å². The number of carbonyl (C=O) groups is 4. The zero-order valence-corrected chi connectivity index (χ0v) is 67.0. The highest BCUT2D eigenvalue weighted by atomic mass is 127. The van der Waals surface area contributed by atoms with Crippen molar-refractivity contribution in [3.63, 3.8) is 0 Å². The van der Waals surface area contributed by atoms with Gasteiger partial charge in [0.05, 0.1) is 79.2 Å². The maximum Gasteiger partial charge on any atom is 0.343 e. The van der Waals surface area contributed by atoms with Crippen LogP contribution in [0, 0.1) is 59.2 Å². The molecule has 20 nitrogen and oxygen atoms in total. The summed E-state index contributed by atoms with van der Waals surface area (Å²) in [6.07, 6.45) is 11.4. The molecule has 2 unspecified atom stereocenters. The maximum absolute atomic E-state index is 12.6. The second-order valence-electron chi connectivity index (χ2n) is 29.7. The number of aromatic nitrogens is 1. The summed E-state index contributed by atoms with van der Waals surface area (Å²) in [5.74, 6) is 4.99. The number of hydrogen-bond acceptors (Lipinski definition) is 19. The minimum absolute atomic E-state index is 0.0153. The lowest BCUT2D eigenvalue weighted by Gasteiger charge is -2.20. The van der Waals surface area contributed by atoms with E-state index < -0.39 is 29.4 Å². The van der Waals surface area contributed by atoms with Crippen molar-refractivity contribution in [3.8, 4) is 57.5 Å². The number of hydrogen-bond donors (Lipinski definition) is 3. The molecule has 4 saturated carbocycles. The molecule has 4 aliphatic rings. The van der Waals surface area contributed by atoms with Crippen molar-refractivity contribution in [3.05, 3.63) is 152 Å². The molecular weight excluding hydrogens is 1450 g/mol. The number of aryl methyl sites for hydroxylation is 2. The summed E-state index contributed by atoms with van der Waals surface area (Å²) in [6.45, 7) is 26.8. The fraction of sp³-hybridized carbons (Fsp3) is 0.548. The lowest BCUT2D eigenvalue weighted by atomic mass is 9.87. The number of alkyl halides is 1. The summed E-state index contributed by atoms with van der Waals surface area (Å²) in [5, 5.41) is 21.3. The van der Waals surface area contributed by atoms with Crippen molar-refractivity contribution in [2.45, 2.75) is 179 Å². The summed E-state index contributed by atoms with van der Waals surface area (Å²) >= 11 is 2.45. The van der Waals surface area contributed by atoms with Crippen molar-refractivity contribution < 1.29 is 81.2 Å². The van der Waals surface area contributed by atoms with Crippen LogP contribution in [-0.4, -0.2) is 111 Å². The van der Waals surface area contributed by atoms with E-state index in [-0.39, 0.29) is 68.5 Å². The monoisotopic (exact) mass is 1570 g/mol. The molecule has 4 aliphatic carbocycles. The zero-order valence-electron chi connectivity index (χ0n) is 64.8. The Morgan fingerprint density at radius 3 is 1.12 bits per heavy atom. The van der Waals surface area contributed by atoms with Gasteiger partial charge in [-0.2, -0.15) is 0 Å². The van der Waals surface area contributed by atoms with Crippen LogP contribution in [0.5, 0.6) is 57.5 Å². The van der Waals surface area contributed by atoms with Gasteiger partial charge >= 0.3 is 17.6 Å². The Labute approximate surface area is 634 Å². The number of carbonyl (C=O) groups excluding carboxylic acids is 4. The summed E-state index contributed by atoms with van der Waals surface area (Å²) in [6, 6.07) is 30.3. The predicted molar refractivity (Wildman–Crippen MR) is 415 cm³/mol. The van der Waals surface area contributed by atoms with Crippen LogP contribution in [-0.2, 0) is 41.5 Å². The Morgan fingerprint density at radius 2 is 0.810 bits per heavy atom. The first-order valence-electron chi connectivity index (χ1n) is 36.7. The van der Waals surface area contributed by atoms with Crippen molar-refractivity contribution in [2.75, 3.05) is 72.5 Å². The van der Waals surface area contributed by atoms with Gasteiger partial charge < -0.3 is 67.0 Å². The maximum atomic E-state index is 12.6. The van der Waals surface area contributed by atoms with E-state index in [0.29, 0.717) is 74.6 Å². The minimum atomic E-state index is -0.659. The van der Waals surface area contributed by atoms with E-state index in [1.54, 1.807) is 49.2 Å². The number of H-pyrrole nitrogens is 1. The number of Topliss-reactive ketones (excluding diaryl/α,β-unsaturated/α-hetero) is 2. The van der Waals surface area contributed by atoms with E-state index >= 15 is 0 Å². The molecule has 6 aromatic rings. The molecule has 4 fully saturated rings. The number of pyridine rings is 1.